The topological polar surface area (TPSA) is 59.8 Å². The van der Waals surface area contributed by atoms with E-state index in [2.05, 4.69) is 15.4 Å². The predicted molar refractivity (Wildman–Crippen MR) is 77.5 cm³/mol. The Kier molecular flexibility index (Phi) is 3.40. The maximum Gasteiger partial charge on any atom is 0.228 e. The number of amides is 1. The van der Waals surface area contributed by atoms with Gasteiger partial charge in [-0.05, 0) is 25.8 Å². The molecule has 0 atom stereocenters. The number of hydrogen-bond acceptors (Lipinski definition) is 3. The number of aryl methyl sites for hydroxylation is 1. The standard InChI is InChI=1S/C13H12Cl2N4O/c1-7-4-11(17-13(20)8-2-3-8)19(18-7)12-10(15)5-9(14)6-16-12/h4-6,8H,2-3H2,1H3,(H,17,20). The van der Waals surface area contributed by atoms with Crippen LogP contribution in [0.4, 0.5) is 5.82 Å². The molecule has 3 rings (SSSR count). The molecule has 20 heavy (non-hydrogen) atoms. The van der Waals surface area contributed by atoms with E-state index in [-0.39, 0.29) is 11.8 Å². The second kappa shape index (κ2) is 5.07. The summed E-state index contributed by atoms with van der Waals surface area (Å²) in [7, 11) is 0. The largest absolute Gasteiger partial charge is 0.310 e. The second-order valence-electron chi connectivity index (χ2n) is 4.81. The maximum atomic E-state index is 11.9. The number of nitrogens with one attached hydrogen (secondary N) is 1. The van der Waals surface area contributed by atoms with Crippen molar-refractivity contribution in [2.75, 3.05) is 5.32 Å². The summed E-state index contributed by atoms with van der Waals surface area (Å²) in [5.74, 6) is 1.13. The van der Waals surface area contributed by atoms with Crippen LogP contribution in [-0.2, 0) is 4.79 Å². The quantitative estimate of drug-likeness (QED) is 0.946. The molecule has 1 amide bonds. The first-order valence-electron chi connectivity index (χ1n) is 6.23. The van der Waals surface area contributed by atoms with Crippen LogP contribution in [-0.4, -0.2) is 20.7 Å². The minimum absolute atomic E-state index is 0.0104. The Morgan fingerprint density at radius 2 is 2.15 bits per heavy atom. The van der Waals surface area contributed by atoms with Crippen LogP contribution in [0.3, 0.4) is 0 Å². The van der Waals surface area contributed by atoms with E-state index in [9.17, 15) is 4.79 Å². The summed E-state index contributed by atoms with van der Waals surface area (Å²) in [5, 5.41) is 8.01. The molecule has 104 valence electrons. The van der Waals surface area contributed by atoms with E-state index < -0.39 is 0 Å². The molecule has 1 fully saturated rings. The molecule has 7 heteroatoms. The highest BCUT2D eigenvalue weighted by molar-refractivity contribution is 6.35. The second-order valence-corrected chi connectivity index (χ2v) is 5.65. The lowest BCUT2D eigenvalue weighted by Crippen LogP contribution is -2.16. The van der Waals surface area contributed by atoms with Gasteiger partial charge in [0.2, 0.25) is 5.91 Å². The number of hydrogen-bond donors (Lipinski definition) is 1. The van der Waals surface area contributed by atoms with Crippen molar-refractivity contribution in [1.29, 1.82) is 0 Å². The van der Waals surface area contributed by atoms with Crippen LogP contribution < -0.4 is 5.32 Å². The van der Waals surface area contributed by atoms with Gasteiger partial charge < -0.3 is 5.32 Å². The van der Waals surface area contributed by atoms with E-state index in [1.54, 1.807) is 12.1 Å². The minimum atomic E-state index is 0.0104. The Hall–Kier alpha value is -1.59. The molecule has 0 aromatic carbocycles. The minimum Gasteiger partial charge on any atom is -0.310 e. The van der Waals surface area contributed by atoms with Crippen molar-refractivity contribution >= 4 is 34.9 Å². The number of anilines is 1. The molecule has 2 aromatic rings. The zero-order valence-electron chi connectivity index (χ0n) is 10.7. The zero-order chi connectivity index (χ0) is 14.3. The first kappa shape index (κ1) is 13.4. The van der Waals surface area contributed by atoms with E-state index in [1.807, 2.05) is 6.92 Å². The normalized spacial score (nSPS) is 14.3. The van der Waals surface area contributed by atoms with E-state index >= 15 is 0 Å². The molecule has 1 aliphatic carbocycles. The lowest BCUT2D eigenvalue weighted by Gasteiger charge is -2.09. The Labute approximate surface area is 125 Å². The average molecular weight is 311 g/mol. The Morgan fingerprint density at radius 1 is 1.40 bits per heavy atom. The number of nitrogens with zero attached hydrogens (tertiary/aromatic N) is 3. The maximum absolute atomic E-state index is 11.9. The Bertz CT molecular complexity index is 679. The molecule has 5 nitrogen and oxygen atoms in total. The lowest BCUT2D eigenvalue weighted by atomic mass is 10.4. The molecule has 0 spiro atoms. The van der Waals surface area contributed by atoms with E-state index in [4.69, 9.17) is 23.2 Å². The van der Waals surface area contributed by atoms with Gasteiger partial charge in [0.15, 0.2) is 5.82 Å². The van der Waals surface area contributed by atoms with Crippen LogP contribution >= 0.6 is 23.2 Å². The van der Waals surface area contributed by atoms with Gasteiger partial charge in [-0.15, -0.1) is 0 Å². The molecular formula is C13H12Cl2N4O. The third-order valence-electron chi connectivity index (χ3n) is 3.02. The van der Waals surface area contributed by atoms with Gasteiger partial charge >= 0.3 is 0 Å². The van der Waals surface area contributed by atoms with Gasteiger partial charge in [0, 0.05) is 18.2 Å². The van der Waals surface area contributed by atoms with Crippen molar-refractivity contribution < 1.29 is 4.79 Å². The summed E-state index contributed by atoms with van der Waals surface area (Å²) in [5.41, 5.74) is 0.768. The van der Waals surface area contributed by atoms with Crippen molar-refractivity contribution in [2.45, 2.75) is 19.8 Å². The Balaban J connectivity index is 1.97. The van der Waals surface area contributed by atoms with Crippen molar-refractivity contribution in [2.24, 2.45) is 5.92 Å². The van der Waals surface area contributed by atoms with Gasteiger partial charge in [0.05, 0.1) is 15.7 Å². The summed E-state index contributed by atoms with van der Waals surface area (Å²) in [6.07, 6.45) is 3.38. The molecule has 1 saturated carbocycles. The first-order chi connectivity index (χ1) is 9.54. The zero-order valence-corrected chi connectivity index (χ0v) is 12.2. The molecule has 2 aromatic heterocycles. The highest BCUT2D eigenvalue weighted by Gasteiger charge is 2.30. The van der Waals surface area contributed by atoms with Crippen LogP contribution in [0, 0.1) is 12.8 Å². The predicted octanol–water partition coefficient (Wildman–Crippen LogP) is 3.23. The summed E-state index contributed by atoms with van der Waals surface area (Å²) in [4.78, 5) is 16.1. The summed E-state index contributed by atoms with van der Waals surface area (Å²) in [6, 6.07) is 3.38. The average Bonchev–Trinajstić information content (AvgIpc) is 3.15. The number of pyridine rings is 1. The van der Waals surface area contributed by atoms with Crippen molar-refractivity contribution in [1.82, 2.24) is 14.8 Å². The molecule has 1 N–H and O–H groups in total. The van der Waals surface area contributed by atoms with Gasteiger partial charge in [-0.2, -0.15) is 9.78 Å². The van der Waals surface area contributed by atoms with E-state index in [1.165, 1.54) is 10.9 Å². The van der Waals surface area contributed by atoms with E-state index in [0.29, 0.717) is 21.7 Å². The van der Waals surface area contributed by atoms with Crippen LogP contribution in [0.5, 0.6) is 0 Å². The number of carbonyl (C=O) groups is 1. The number of carbonyl (C=O) groups excluding carboxylic acids is 1. The summed E-state index contributed by atoms with van der Waals surface area (Å²) < 4.78 is 1.52. The fourth-order valence-corrected chi connectivity index (χ4v) is 2.35. The van der Waals surface area contributed by atoms with Gasteiger partial charge in [-0.3, -0.25) is 4.79 Å². The number of rotatable bonds is 3. The highest BCUT2D eigenvalue weighted by atomic mass is 35.5. The van der Waals surface area contributed by atoms with Gasteiger partial charge in [0.25, 0.3) is 0 Å². The molecule has 0 aliphatic heterocycles. The number of halogens is 2. The van der Waals surface area contributed by atoms with Crippen molar-refractivity contribution in [3.05, 3.63) is 34.1 Å². The first-order valence-corrected chi connectivity index (χ1v) is 6.99. The van der Waals surface area contributed by atoms with Crippen LogP contribution in [0.15, 0.2) is 18.3 Å². The van der Waals surface area contributed by atoms with Gasteiger partial charge in [-0.1, -0.05) is 23.2 Å². The SMILES string of the molecule is Cc1cc(NC(=O)C2CC2)n(-c2ncc(Cl)cc2Cl)n1. The third-order valence-corrected chi connectivity index (χ3v) is 3.50. The van der Waals surface area contributed by atoms with Crippen LogP contribution in [0.2, 0.25) is 10.0 Å². The molecule has 1 aliphatic rings. The van der Waals surface area contributed by atoms with Crippen LogP contribution in [0.25, 0.3) is 5.82 Å². The fraction of sp³-hybridized carbons (Fsp3) is 0.308. The van der Waals surface area contributed by atoms with E-state index in [0.717, 1.165) is 18.5 Å². The van der Waals surface area contributed by atoms with Gasteiger partial charge in [0.1, 0.15) is 5.82 Å². The lowest BCUT2D eigenvalue weighted by molar-refractivity contribution is -0.117. The smallest absolute Gasteiger partial charge is 0.228 e. The molecule has 2 heterocycles. The van der Waals surface area contributed by atoms with Crippen LogP contribution in [0.1, 0.15) is 18.5 Å². The molecule has 0 saturated heterocycles. The summed E-state index contributed by atoms with van der Waals surface area (Å²) >= 11 is 12.0. The monoisotopic (exact) mass is 310 g/mol. The molecular weight excluding hydrogens is 299 g/mol. The van der Waals surface area contributed by atoms with Crippen molar-refractivity contribution in [3.63, 3.8) is 0 Å². The summed E-state index contributed by atoms with van der Waals surface area (Å²) in [6.45, 7) is 1.84. The fourth-order valence-electron chi connectivity index (χ4n) is 1.89. The molecule has 0 radical (unpaired) electrons. The van der Waals surface area contributed by atoms with Gasteiger partial charge in [-0.25, -0.2) is 4.98 Å². The third kappa shape index (κ3) is 2.64. The molecule has 0 bridgehead atoms. The molecule has 0 unspecified atom stereocenters. The highest BCUT2D eigenvalue weighted by Crippen LogP contribution is 2.31. The Morgan fingerprint density at radius 3 is 2.80 bits per heavy atom. The number of aromatic nitrogens is 3. The van der Waals surface area contributed by atoms with Crippen molar-refractivity contribution in [3.8, 4) is 5.82 Å².